The molecule has 0 heterocycles. The number of guanidine groups is 1. The lowest BCUT2D eigenvalue weighted by atomic mass is 10.2. The molecule has 0 radical (unpaired) electrons. The Kier molecular flexibility index (Phi) is 7.66. The van der Waals surface area contributed by atoms with E-state index in [4.69, 9.17) is 0 Å². The minimum Gasteiger partial charge on any atom is -0.357 e. The Balaban J connectivity index is 2.38. The Bertz CT molecular complexity index is 360. The largest absolute Gasteiger partial charge is 0.357 e. The number of aliphatic imine (C=N–C) groups is 1. The van der Waals surface area contributed by atoms with Gasteiger partial charge >= 0.3 is 0 Å². The average Bonchev–Trinajstić information content (AvgIpc) is 2.41. The summed E-state index contributed by atoms with van der Waals surface area (Å²) in [6.45, 7) is 5.71. The molecule has 0 amide bonds. The van der Waals surface area contributed by atoms with E-state index in [0.29, 0.717) is 6.54 Å². The van der Waals surface area contributed by atoms with Crippen LogP contribution in [0.25, 0.3) is 0 Å². The quantitative estimate of drug-likeness (QED) is 0.446. The summed E-state index contributed by atoms with van der Waals surface area (Å²) in [5.41, 5.74) is 1.23. The molecular weight excluding hydrogens is 236 g/mol. The molecule has 0 aromatic heterocycles. The number of hydrogen-bond acceptors (Lipinski definition) is 2. The van der Waals surface area contributed by atoms with Crippen molar-refractivity contribution in [1.29, 1.82) is 0 Å². The van der Waals surface area contributed by atoms with E-state index in [2.05, 4.69) is 53.7 Å². The molecule has 0 aliphatic carbocycles. The Hall–Kier alpha value is -1.55. The maximum absolute atomic E-state index is 4.58. The molecule has 0 bridgehead atoms. The van der Waals surface area contributed by atoms with Crippen LogP contribution in [-0.2, 0) is 6.54 Å². The molecular formula is C15H26N4. The van der Waals surface area contributed by atoms with Crippen LogP contribution in [-0.4, -0.2) is 44.6 Å². The SMILES string of the molecule is CCNC(=NCc1ccccc1)NCCCN(C)C. The molecule has 0 spiro atoms. The molecule has 19 heavy (non-hydrogen) atoms. The fourth-order valence-electron chi connectivity index (χ4n) is 1.70. The zero-order chi connectivity index (χ0) is 13.9. The first-order valence-corrected chi connectivity index (χ1v) is 6.93. The van der Waals surface area contributed by atoms with E-state index in [9.17, 15) is 0 Å². The first-order valence-electron chi connectivity index (χ1n) is 6.93. The summed E-state index contributed by atoms with van der Waals surface area (Å²) in [5.74, 6) is 0.894. The van der Waals surface area contributed by atoms with E-state index in [-0.39, 0.29) is 0 Å². The summed E-state index contributed by atoms with van der Waals surface area (Å²) in [6.07, 6.45) is 1.11. The lowest BCUT2D eigenvalue weighted by molar-refractivity contribution is 0.399. The number of nitrogens with one attached hydrogen (secondary N) is 2. The van der Waals surface area contributed by atoms with Crippen molar-refractivity contribution in [2.75, 3.05) is 33.7 Å². The third kappa shape index (κ3) is 7.47. The van der Waals surface area contributed by atoms with E-state index in [1.807, 2.05) is 18.2 Å². The second-order valence-electron chi connectivity index (χ2n) is 4.76. The normalized spacial score (nSPS) is 11.7. The fraction of sp³-hybridized carbons (Fsp3) is 0.533. The van der Waals surface area contributed by atoms with Crippen LogP contribution < -0.4 is 10.6 Å². The van der Waals surface area contributed by atoms with Crippen LogP contribution in [0.1, 0.15) is 18.9 Å². The number of benzene rings is 1. The standard InChI is InChI=1S/C15H26N4/c1-4-16-15(17-11-8-12-19(2)3)18-13-14-9-6-5-7-10-14/h5-7,9-10H,4,8,11-13H2,1-3H3,(H2,16,17,18). The highest BCUT2D eigenvalue weighted by Crippen LogP contribution is 1.99. The van der Waals surface area contributed by atoms with Crippen molar-refractivity contribution in [2.45, 2.75) is 19.9 Å². The molecule has 4 nitrogen and oxygen atoms in total. The first-order chi connectivity index (χ1) is 9.22. The molecule has 0 aliphatic heterocycles. The molecule has 0 atom stereocenters. The first kappa shape index (κ1) is 15.5. The van der Waals surface area contributed by atoms with Gasteiger partial charge in [-0.25, -0.2) is 4.99 Å². The Morgan fingerprint density at radius 1 is 1.16 bits per heavy atom. The van der Waals surface area contributed by atoms with Gasteiger partial charge in [0.05, 0.1) is 6.54 Å². The van der Waals surface area contributed by atoms with Gasteiger partial charge in [-0.3, -0.25) is 0 Å². The summed E-state index contributed by atoms with van der Waals surface area (Å²) in [4.78, 5) is 6.77. The van der Waals surface area contributed by atoms with Gasteiger partial charge in [-0.1, -0.05) is 30.3 Å². The van der Waals surface area contributed by atoms with Gasteiger partial charge in [-0.05, 0) is 39.5 Å². The van der Waals surface area contributed by atoms with Gasteiger partial charge in [0.1, 0.15) is 0 Å². The number of hydrogen-bond donors (Lipinski definition) is 2. The highest BCUT2D eigenvalue weighted by Gasteiger charge is 1.97. The van der Waals surface area contributed by atoms with E-state index in [0.717, 1.165) is 32.0 Å². The van der Waals surface area contributed by atoms with Crippen LogP contribution >= 0.6 is 0 Å². The lowest BCUT2D eigenvalue weighted by Gasteiger charge is -2.13. The Morgan fingerprint density at radius 3 is 2.53 bits per heavy atom. The van der Waals surface area contributed by atoms with Gasteiger partial charge in [0.2, 0.25) is 0 Å². The molecule has 0 unspecified atom stereocenters. The topological polar surface area (TPSA) is 39.7 Å². The fourth-order valence-corrected chi connectivity index (χ4v) is 1.70. The van der Waals surface area contributed by atoms with Gasteiger partial charge in [0.25, 0.3) is 0 Å². The van der Waals surface area contributed by atoms with Crippen molar-refractivity contribution in [2.24, 2.45) is 4.99 Å². The number of rotatable bonds is 7. The number of nitrogens with zero attached hydrogens (tertiary/aromatic N) is 2. The summed E-state index contributed by atoms with van der Waals surface area (Å²) in [6, 6.07) is 10.3. The van der Waals surface area contributed by atoms with Gasteiger partial charge < -0.3 is 15.5 Å². The zero-order valence-electron chi connectivity index (χ0n) is 12.3. The van der Waals surface area contributed by atoms with E-state index < -0.39 is 0 Å². The highest BCUT2D eigenvalue weighted by molar-refractivity contribution is 5.79. The van der Waals surface area contributed by atoms with Crippen molar-refractivity contribution in [3.8, 4) is 0 Å². The third-order valence-electron chi connectivity index (χ3n) is 2.68. The molecule has 0 fully saturated rings. The monoisotopic (exact) mass is 262 g/mol. The van der Waals surface area contributed by atoms with Gasteiger partial charge in [0, 0.05) is 13.1 Å². The van der Waals surface area contributed by atoms with E-state index in [1.54, 1.807) is 0 Å². The maximum Gasteiger partial charge on any atom is 0.191 e. The second-order valence-corrected chi connectivity index (χ2v) is 4.76. The predicted octanol–water partition coefficient (Wildman–Crippen LogP) is 1.69. The lowest BCUT2D eigenvalue weighted by Crippen LogP contribution is -2.38. The maximum atomic E-state index is 4.58. The molecule has 1 aromatic rings. The molecule has 1 rings (SSSR count). The Labute approximate surface area is 116 Å². The summed E-state index contributed by atoms with van der Waals surface area (Å²) >= 11 is 0. The molecule has 0 saturated carbocycles. The van der Waals surface area contributed by atoms with Crippen molar-refractivity contribution < 1.29 is 0 Å². The molecule has 0 saturated heterocycles. The van der Waals surface area contributed by atoms with Gasteiger partial charge in [0.15, 0.2) is 5.96 Å². The summed E-state index contributed by atoms with van der Waals surface area (Å²) in [5, 5.41) is 6.62. The Morgan fingerprint density at radius 2 is 1.89 bits per heavy atom. The minimum atomic E-state index is 0.712. The average molecular weight is 262 g/mol. The second kappa shape index (κ2) is 9.39. The molecule has 0 aliphatic rings. The molecule has 2 N–H and O–H groups in total. The van der Waals surface area contributed by atoms with Crippen LogP contribution in [0.5, 0.6) is 0 Å². The summed E-state index contributed by atoms with van der Waals surface area (Å²) < 4.78 is 0. The summed E-state index contributed by atoms with van der Waals surface area (Å²) in [7, 11) is 4.18. The molecule has 1 aromatic carbocycles. The van der Waals surface area contributed by atoms with Crippen LogP contribution in [0, 0.1) is 0 Å². The van der Waals surface area contributed by atoms with E-state index >= 15 is 0 Å². The predicted molar refractivity (Wildman–Crippen MR) is 82.4 cm³/mol. The van der Waals surface area contributed by atoms with Crippen LogP contribution in [0.15, 0.2) is 35.3 Å². The zero-order valence-corrected chi connectivity index (χ0v) is 12.3. The van der Waals surface area contributed by atoms with Gasteiger partial charge in [-0.15, -0.1) is 0 Å². The van der Waals surface area contributed by atoms with Crippen molar-refractivity contribution in [3.05, 3.63) is 35.9 Å². The van der Waals surface area contributed by atoms with Crippen LogP contribution in [0.3, 0.4) is 0 Å². The minimum absolute atomic E-state index is 0.712. The smallest absolute Gasteiger partial charge is 0.191 e. The van der Waals surface area contributed by atoms with Crippen LogP contribution in [0.2, 0.25) is 0 Å². The molecule has 4 heteroatoms. The van der Waals surface area contributed by atoms with Crippen molar-refractivity contribution in [1.82, 2.24) is 15.5 Å². The third-order valence-corrected chi connectivity index (χ3v) is 2.68. The highest BCUT2D eigenvalue weighted by atomic mass is 15.2. The molecule has 106 valence electrons. The van der Waals surface area contributed by atoms with Crippen LogP contribution in [0.4, 0.5) is 0 Å². The van der Waals surface area contributed by atoms with Crippen molar-refractivity contribution in [3.63, 3.8) is 0 Å². The van der Waals surface area contributed by atoms with Gasteiger partial charge in [-0.2, -0.15) is 0 Å². The van der Waals surface area contributed by atoms with E-state index in [1.165, 1.54) is 5.56 Å². The van der Waals surface area contributed by atoms with Crippen molar-refractivity contribution >= 4 is 5.96 Å².